The summed E-state index contributed by atoms with van der Waals surface area (Å²) in [5.74, 6) is 1.68. The highest BCUT2D eigenvalue weighted by Gasteiger charge is 2.27. The molecule has 1 amide bonds. The molecule has 0 aromatic carbocycles. The zero-order valence-electron chi connectivity index (χ0n) is 12.8. The first-order valence-electron chi connectivity index (χ1n) is 7.61. The van der Waals surface area contributed by atoms with E-state index < -0.39 is 5.91 Å². The van der Waals surface area contributed by atoms with Crippen molar-refractivity contribution in [1.82, 2.24) is 15.1 Å². The smallest absolute Gasteiger partial charge is 0.250 e. The molecule has 1 saturated heterocycles. The summed E-state index contributed by atoms with van der Waals surface area (Å²) in [6.07, 6.45) is 4.16. The molecule has 0 aliphatic carbocycles. The van der Waals surface area contributed by atoms with E-state index in [0.717, 1.165) is 31.6 Å². The summed E-state index contributed by atoms with van der Waals surface area (Å²) < 4.78 is 5.20. The SMILES string of the molecule is CCc1nc(C2CCCN(c3ncc(C(N)=O)cc3Cl)C2)no1. The van der Waals surface area contributed by atoms with Gasteiger partial charge >= 0.3 is 0 Å². The van der Waals surface area contributed by atoms with Crippen LogP contribution >= 0.6 is 11.6 Å². The van der Waals surface area contributed by atoms with E-state index in [4.69, 9.17) is 21.9 Å². The van der Waals surface area contributed by atoms with Crippen molar-refractivity contribution in [1.29, 1.82) is 0 Å². The molecule has 23 heavy (non-hydrogen) atoms. The van der Waals surface area contributed by atoms with Gasteiger partial charge in [-0.2, -0.15) is 4.98 Å². The summed E-state index contributed by atoms with van der Waals surface area (Å²) in [5, 5.41) is 4.49. The maximum Gasteiger partial charge on any atom is 0.250 e. The van der Waals surface area contributed by atoms with Crippen LogP contribution in [0, 0.1) is 0 Å². The number of nitrogens with two attached hydrogens (primary N) is 1. The largest absolute Gasteiger partial charge is 0.366 e. The van der Waals surface area contributed by atoms with Gasteiger partial charge in [-0.05, 0) is 18.9 Å². The standard InChI is InChI=1S/C15H18ClN5O2/c1-2-12-19-14(20-23-12)9-4-3-5-21(8-9)15-11(16)6-10(7-18-15)13(17)22/h6-7,9H,2-5,8H2,1H3,(H2,17,22). The van der Waals surface area contributed by atoms with E-state index >= 15 is 0 Å². The fourth-order valence-corrected chi connectivity index (χ4v) is 3.04. The molecule has 1 aliphatic heterocycles. The minimum atomic E-state index is -0.540. The minimum absolute atomic E-state index is 0.182. The lowest BCUT2D eigenvalue weighted by atomic mass is 9.97. The molecule has 1 unspecified atom stereocenters. The monoisotopic (exact) mass is 335 g/mol. The summed E-state index contributed by atoms with van der Waals surface area (Å²) in [6.45, 7) is 3.54. The highest BCUT2D eigenvalue weighted by atomic mass is 35.5. The fraction of sp³-hybridized carbons (Fsp3) is 0.467. The number of carbonyl (C=O) groups excluding carboxylic acids is 1. The lowest BCUT2D eigenvalue weighted by molar-refractivity contribution is 0.1000. The third-order valence-corrected chi connectivity index (χ3v) is 4.26. The van der Waals surface area contributed by atoms with Crippen LogP contribution in [0.1, 0.15) is 47.8 Å². The average Bonchev–Trinajstić information content (AvgIpc) is 3.04. The van der Waals surface area contributed by atoms with Gasteiger partial charge in [-0.1, -0.05) is 23.7 Å². The maximum absolute atomic E-state index is 11.2. The number of piperidine rings is 1. The van der Waals surface area contributed by atoms with Crippen LogP contribution in [0.25, 0.3) is 0 Å². The number of primary amides is 1. The van der Waals surface area contributed by atoms with Gasteiger partial charge in [0.1, 0.15) is 5.82 Å². The van der Waals surface area contributed by atoms with Crippen LogP contribution in [0.3, 0.4) is 0 Å². The molecule has 1 aliphatic rings. The Morgan fingerprint density at radius 2 is 2.39 bits per heavy atom. The molecule has 7 nitrogen and oxygen atoms in total. The number of nitrogens with zero attached hydrogens (tertiary/aromatic N) is 4. The van der Waals surface area contributed by atoms with Gasteiger partial charge in [0.15, 0.2) is 5.82 Å². The van der Waals surface area contributed by atoms with Crippen molar-refractivity contribution in [3.8, 4) is 0 Å². The lowest BCUT2D eigenvalue weighted by Crippen LogP contribution is -2.35. The number of aryl methyl sites for hydroxylation is 1. The highest BCUT2D eigenvalue weighted by Crippen LogP contribution is 2.31. The number of amides is 1. The van der Waals surface area contributed by atoms with Gasteiger partial charge in [0, 0.05) is 31.6 Å². The molecule has 1 atom stereocenters. The second-order valence-electron chi connectivity index (χ2n) is 5.58. The van der Waals surface area contributed by atoms with Gasteiger partial charge in [-0.15, -0.1) is 0 Å². The molecular formula is C15H18ClN5O2. The van der Waals surface area contributed by atoms with Crippen molar-refractivity contribution < 1.29 is 9.32 Å². The predicted octanol–water partition coefficient (Wildman–Crippen LogP) is 2.16. The summed E-state index contributed by atoms with van der Waals surface area (Å²) in [7, 11) is 0. The van der Waals surface area contributed by atoms with Gasteiger partial charge in [0.2, 0.25) is 11.8 Å². The Bertz CT molecular complexity index is 718. The number of rotatable bonds is 4. The Balaban J connectivity index is 1.79. The van der Waals surface area contributed by atoms with Crippen molar-refractivity contribution >= 4 is 23.3 Å². The van der Waals surface area contributed by atoms with Crippen molar-refractivity contribution in [2.75, 3.05) is 18.0 Å². The van der Waals surface area contributed by atoms with E-state index in [1.807, 2.05) is 6.92 Å². The third kappa shape index (κ3) is 3.29. The molecular weight excluding hydrogens is 318 g/mol. The van der Waals surface area contributed by atoms with Crippen LogP contribution in [0.2, 0.25) is 5.02 Å². The Labute approximate surface area is 138 Å². The van der Waals surface area contributed by atoms with E-state index in [1.54, 1.807) is 6.07 Å². The van der Waals surface area contributed by atoms with E-state index in [1.165, 1.54) is 6.20 Å². The molecule has 2 aromatic rings. The second kappa shape index (κ2) is 6.54. The van der Waals surface area contributed by atoms with E-state index in [0.29, 0.717) is 28.8 Å². The van der Waals surface area contributed by atoms with Gasteiger partial charge < -0.3 is 15.2 Å². The van der Waals surface area contributed by atoms with E-state index in [9.17, 15) is 4.79 Å². The minimum Gasteiger partial charge on any atom is -0.366 e. The van der Waals surface area contributed by atoms with Gasteiger partial charge in [0.25, 0.3) is 0 Å². The molecule has 122 valence electrons. The number of hydrogen-bond acceptors (Lipinski definition) is 6. The number of pyridine rings is 1. The number of anilines is 1. The van der Waals surface area contributed by atoms with Crippen LogP contribution in [-0.2, 0) is 6.42 Å². The average molecular weight is 336 g/mol. The Morgan fingerprint density at radius 3 is 3.04 bits per heavy atom. The fourth-order valence-electron chi connectivity index (χ4n) is 2.76. The Morgan fingerprint density at radius 1 is 1.57 bits per heavy atom. The summed E-state index contributed by atoms with van der Waals surface area (Å²) in [6, 6.07) is 1.55. The molecule has 0 bridgehead atoms. The predicted molar refractivity (Wildman–Crippen MR) is 85.6 cm³/mol. The lowest BCUT2D eigenvalue weighted by Gasteiger charge is -2.32. The van der Waals surface area contributed by atoms with Crippen molar-refractivity contribution in [2.45, 2.75) is 32.1 Å². The topological polar surface area (TPSA) is 98.1 Å². The normalized spacial score (nSPS) is 18.2. The van der Waals surface area contributed by atoms with Crippen LogP contribution in [0.15, 0.2) is 16.8 Å². The third-order valence-electron chi connectivity index (χ3n) is 3.98. The van der Waals surface area contributed by atoms with E-state index in [2.05, 4.69) is 20.0 Å². The van der Waals surface area contributed by atoms with Crippen LogP contribution in [-0.4, -0.2) is 34.1 Å². The van der Waals surface area contributed by atoms with Crippen LogP contribution < -0.4 is 10.6 Å². The zero-order valence-corrected chi connectivity index (χ0v) is 13.6. The van der Waals surface area contributed by atoms with Gasteiger partial charge in [-0.25, -0.2) is 4.98 Å². The second-order valence-corrected chi connectivity index (χ2v) is 5.99. The number of hydrogen-bond donors (Lipinski definition) is 1. The van der Waals surface area contributed by atoms with Crippen LogP contribution in [0.5, 0.6) is 0 Å². The maximum atomic E-state index is 11.2. The molecule has 1 fully saturated rings. The molecule has 0 saturated carbocycles. The summed E-state index contributed by atoms with van der Waals surface area (Å²) >= 11 is 6.27. The Hall–Kier alpha value is -2.15. The first kappa shape index (κ1) is 15.7. The first-order chi connectivity index (χ1) is 11.1. The Kier molecular flexibility index (Phi) is 4.47. The van der Waals surface area contributed by atoms with Crippen LogP contribution in [0.4, 0.5) is 5.82 Å². The first-order valence-corrected chi connectivity index (χ1v) is 7.99. The van der Waals surface area contributed by atoms with Crippen molar-refractivity contribution in [3.05, 3.63) is 34.6 Å². The van der Waals surface area contributed by atoms with Crippen molar-refractivity contribution in [3.63, 3.8) is 0 Å². The molecule has 2 N–H and O–H groups in total. The van der Waals surface area contributed by atoms with Gasteiger partial charge in [-0.3, -0.25) is 4.79 Å². The molecule has 2 aromatic heterocycles. The summed E-state index contributed by atoms with van der Waals surface area (Å²) in [5.41, 5.74) is 5.55. The molecule has 0 spiro atoms. The molecule has 0 radical (unpaired) electrons. The zero-order chi connectivity index (χ0) is 16.4. The number of aromatic nitrogens is 3. The molecule has 3 heterocycles. The van der Waals surface area contributed by atoms with Gasteiger partial charge in [0.05, 0.1) is 10.6 Å². The number of halogens is 1. The number of carbonyl (C=O) groups is 1. The molecule has 3 rings (SSSR count). The van der Waals surface area contributed by atoms with Crippen molar-refractivity contribution in [2.24, 2.45) is 5.73 Å². The molecule has 8 heteroatoms. The summed E-state index contributed by atoms with van der Waals surface area (Å²) in [4.78, 5) is 22.0. The highest BCUT2D eigenvalue weighted by molar-refractivity contribution is 6.33. The quantitative estimate of drug-likeness (QED) is 0.919. The van der Waals surface area contributed by atoms with E-state index in [-0.39, 0.29) is 5.92 Å².